The van der Waals surface area contributed by atoms with Gasteiger partial charge in [0.15, 0.2) is 0 Å². The van der Waals surface area contributed by atoms with Gasteiger partial charge in [0.1, 0.15) is 16.6 Å². The van der Waals surface area contributed by atoms with Gasteiger partial charge in [-0.25, -0.2) is 4.79 Å². The zero-order valence-corrected chi connectivity index (χ0v) is 10.7. The van der Waals surface area contributed by atoms with Gasteiger partial charge in [0.05, 0.1) is 13.2 Å². The maximum Gasteiger partial charge on any atom is 0.350 e. The third kappa shape index (κ3) is 3.45. The van der Waals surface area contributed by atoms with Crippen LogP contribution in [-0.2, 0) is 4.74 Å². The Morgan fingerprint density at radius 2 is 2.41 bits per heavy atom. The summed E-state index contributed by atoms with van der Waals surface area (Å²) in [5.74, 6) is 0.207. The Labute approximate surface area is 104 Å². The maximum atomic E-state index is 11.5. The summed E-state index contributed by atoms with van der Waals surface area (Å²) in [6.45, 7) is 4.33. The number of aliphatic hydroxyl groups is 1. The Bertz CT molecular complexity index is 410. The monoisotopic (exact) mass is 259 g/mol. The van der Waals surface area contributed by atoms with E-state index in [4.69, 9.17) is 15.6 Å². The fraction of sp³-hybridized carbons (Fsp3) is 0.600. The van der Waals surface area contributed by atoms with Gasteiger partial charge in [-0.05, 0) is 6.07 Å². The van der Waals surface area contributed by atoms with Crippen LogP contribution in [0.1, 0.15) is 19.2 Å². The van der Waals surface area contributed by atoms with Crippen molar-refractivity contribution in [3.8, 4) is 0 Å². The highest BCUT2D eigenvalue weighted by atomic mass is 32.2. The summed E-state index contributed by atoms with van der Waals surface area (Å²) in [7, 11) is 0. The van der Waals surface area contributed by atoms with Crippen LogP contribution in [0.2, 0.25) is 0 Å². The van der Waals surface area contributed by atoms with Crippen LogP contribution in [0.25, 0.3) is 0 Å². The largest absolute Gasteiger partial charge is 0.393 e. The van der Waals surface area contributed by atoms with E-state index < -0.39 is 5.69 Å². The molecule has 6 nitrogen and oxygen atoms in total. The molecule has 0 amide bonds. The number of thioether (sulfide) groups is 1. The molecule has 96 valence electrons. The van der Waals surface area contributed by atoms with Crippen molar-refractivity contribution in [2.45, 2.75) is 24.7 Å². The predicted molar refractivity (Wildman–Crippen MR) is 67.7 cm³/mol. The minimum absolute atomic E-state index is 0.0572. The molecule has 2 atom stereocenters. The van der Waals surface area contributed by atoms with Gasteiger partial charge in [-0.15, -0.1) is 11.8 Å². The fourth-order valence-electron chi connectivity index (χ4n) is 1.33. The lowest BCUT2D eigenvalue weighted by molar-refractivity contribution is 0.0803. The van der Waals surface area contributed by atoms with Gasteiger partial charge in [0, 0.05) is 6.20 Å². The molecule has 1 fully saturated rings. The highest BCUT2D eigenvalue weighted by Crippen LogP contribution is 2.34. The Kier molecular flexibility index (Phi) is 5.46. The number of aromatic nitrogens is 2. The Balaban J connectivity index is 0.000000686. The van der Waals surface area contributed by atoms with Crippen LogP contribution in [0.3, 0.4) is 0 Å². The third-order valence-corrected chi connectivity index (χ3v) is 3.31. The third-order valence-electron chi connectivity index (χ3n) is 2.04. The summed E-state index contributed by atoms with van der Waals surface area (Å²) in [5, 5.41) is 8.74. The first-order valence-electron chi connectivity index (χ1n) is 5.43. The quantitative estimate of drug-likeness (QED) is 0.800. The maximum absolute atomic E-state index is 11.5. The smallest absolute Gasteiger partial charge is 0.350 e. The number of anilines is 1. The number of rotatable bonds is 2. The van der Waals surface area contributed by atoms with Gasteiger partial charge in [0.25, 0.3) is 0 Å². The lowest BCUT2D eigenvalue weighted by Crippen LogP contribution is -2.26. The number of hydrogen-bond acceptors (Lipinski definition) is 6. The highest BCUT2D eigenvalue weighted by molar-refractivity contribution is 8.00. The van der Waals surface area contributed by atoms with E-state index in [0.29, 0.717) is 6.61 Å². The molecule has 2 heterocycles. The van der Waals surface area contributed by atoms with Gasteiger partial charge in [-0.3, -0.25) is 4.57 Å². The first kappa shape index (κ1) is 14.0. The standard InChI is InChI=1S/C8H11N3O3S.C2H6/c9-5-1-2-11(8(13)10-5)6-4-14-7(3-12)15-6;1-2/h1-2,6-7,12H,3-4H2,(H2,9,10,13);1-2H3. The summed E-state index contributed by atoms with van der Waals surface area (Å²) < 4.78 is 6.70. The number of nitrogens with two attached hydrogens (primary N) is 1. The van der Waals surface area contributed by atoms with Crippen LogP contribution in [0.4, 0.5) is 5.82 Å². The average Bonchev–Trinajstić information content (AvgIpc) is 2.80. The van der Waals surface area contributed by atoms with Gasteiger partial charge in [-0.2, -0.15) is 4.98 Å². The minimum Gasteiger partial charge on any atom is -0.393 e. The molecule has 1 aliphatic heterocycles. The molecule has 1 aliphatic rings. The molecular weight excluding hydrogens is 242 g/mol. The Hall–Kier alpha value is -1.05. The van der Waals surface area contributed by atoms with E-state index in [9.17, 15) is 4.79 Å². The molecule has 17 heavy (non-hydrogen) atoms. The predicted octanol–water partition coefficient (Wildman–Crippen LogP) is 0.432. The molecule has 0 aliphatic carbocycles. The number of ether oxygens (including phenoxy) is 1. The summed E-state index contributed by atoms with van der Waals surface area (Å²) >= 11 is 1.39. The topological polar surface area (TPSA) is 90.4 Å². The van der Waals surface area contributed by atoms with E-state index in [1.807, 2.05) is 13.8 Å². The minimum atomic E-state index is -0.394. The van der Waals surface area contributed by atoms with E-state index in [-0.39, 0.29) is 23.2 Å². The van der Waals surface area contributed by atoms with Crippen LogP contribution < -0.4 is 11.4 Å². The second-order valence-electron chi connectivity index (χ2n) is 3.08. The van der Waals surface area contributed by atoms with Crippen LogP contribution in [-0.4, -0.2) is 33.3 Å². The first-order chi connectivity index (χ1) is 8.20. The van der Waals surface area contributed by atoms with Gasteiger partial charge in [-0.1, -0.05) is 13.8 Å². The molecule has 7 heteroatoms. The van der Waals surface area contributed by atoms with Gasteiger partial charge >= 0.3 is 5.69 Å². The Morgan fingerprint density at radius 3 is 2.94 bits per heavy atom. The van der Waals surface area contributed by atoms with Gasteiger partial charge < -0.3 is 15.6 Å². The molecule has 1 saturated heterocycles. The molecule has 1 aromatic rings. The van der Waals surface area contributed by atoms with Crippen LogP contribution in [0.5, 0.6) is 0 Å². The lowest BCUT2D eigenvalue weighted by Gasteiger charge is -2.10. The molecule has 0 bridgehead atoms. The van der Waals surface area contributed by atoms with Crippen LogP contribution in [0, 0.1) is 0 Å². The number of hydrogen-bond donors (Lipinski definition) is 2. The number of aliphatic hydroxyl groups excluding tert-OH is 1. The van der Waals surface area contributed by atoms with Crippen molar-refractivity contribution in [3.05, 3.63) is 22.7 Å². The normalized spacial score (nSPS) is 23.0. The molecule has 0 spiro atoms. The van der Waals surface area contributed by atoms with Crippen molar-refractivity contribution in [2.75, 3.05) is 18.9 Å². The second-order valence-corrected chi connectivity index (χ2v) is 4.42. The van der Waals surface area contributed by atoms with Crippen molar-refractivity contribution in [2.24, 2.45) is 0 Å². The summed E-state index contributed by atoms with van der Waals surface area (Å²) in [6, 6.07) is 1.56. The van der Waals surface area contributed by atoms with E-state index >= 15 is 0 Å². The average molecular weight is 259 g/mol. The zero-order valence-electron chi connectivity index (χ0n) is 9.87. The van der Waals surface area contributed by atoms with E-state index in [2.05, 4.69) is 4.98 Å². The van der Waals surface area contributed by atoms with Crippen molar-refractivity contribution in [3.63, 3.8) is 0 Å². The van der Waals surface area contributed by atoms with Crippen molar-refractivity contribution in [1.82, 2.24) is 9.55 Å². The van der Waals surface area contributed by atoms with E-state index in [1.165, 1.54) is 16.3 Å². The highest BCUT2D eigenvalue weighted by Gasteiger charge is 2.27. The first-order valence-corrected chi connectivity index (χ1v) is 6.37. The summed E-state index contributed by atoms with van der Waals surface area (Å²) in [4.78, 5) is 15.1. The molecule has 2 unspecified atom stereocenters. The van der Waals surface area contributed by atoms with Crippen LogP contribution >= 0.6 is 11.8 Å². The summed E-state index contributed by atoms with van der Waals surface area (Å²) in [6.07, 6.45) is 1.59. The van der Waals surface area contributed by atoms with E-state index in [0.717, 1.165) is 0 Å². The Morgan fingerprint density at radius 1 is 1.71 bits per heavy atom. The van der Waals surface area contributed by atoms with Gasteiger partial charge in [0.2, 0.25) is 0 Å². The second kappa shape index (κ2) is 6.63. The van der Waals surface area contributed by atoms with Crippen molar-refractivity contribution in [1.29, 1.82) is 0 Å². The summed E-state index contributed by atoms with van der Waals surface area (Å²) in [5.41, 5.74) is 4.72. The zero-order chi connectivity index (χ0) is 12.8. The van der Waals surface area contributed by atoms with Crippen molar-refractivity contribution < 1.29 is 9.84 Å². The molecule has 3 N–H and O–H groups in total. The molecule has 0 radical (unpaired) electrons. The number of nitrogen functional groups attached to an aromatic ring is 1. The molecule has 0 saturated carbocycles. The molecule has 0 aromatic carbocycles. The SMILES string of the molecule is CC.Nc1ccn(C2COC(CO)S2)c(=O)n1. The lowest BCUT2D eigenvalue weighted by atomic mass is 10.5. The molecule has 1 aromatic heterocycles. The molecule has 2 rings (SSSR count). The van der Waals surface area contributed by atoms with Crippen molar-refractivity contribution >= 4 is 17.6 Å². The van der Waals surface area contributed by atoms with E-state index in [1.54, 1.807) is 12.3 Å². The van der Waals surface area contributed by atoms with Crippen LogP contribution in [0.15, 0.2) is 17.1 Å². The molecular formula is C10H17N3O3S. The number of nitrogens with zero attached hydrogens (tertiary/aromatic N) is 2. The fourth-order valence-corrected chi connectivity index (χ4v) is 2.37.